The molecule has 0 radical (unpaired) electrons. The molecule has 1 heterocycles. The molecule has 1 aromatic rings. The highest BCUT2D eigenvalue weighted by Gasteiger charge is 2.21. The van der Waals surface area contributed by atoms with Crippen molar-refractivity contribution in [2.24, 2.45) is 0 Å². The van der Waals surface area contributed by atoms with Gasteiger partial charge in [0.05, 0.1) is 6.54 Å². The molecule has 4 nitrogen and oxygen atoms in total. The molecule has 0 aromatic heterocycles. The van der Waals surface area contributed by atoms with Crippen LogP contribution in [0.1, 0.15) is 17.5 Å². The number of hydrogen-bond acceptors (Lipinski definition) is 4. The number of nitrogens with one attached hydrogen (secondary N) is 1. The van der Waals surface area contributed by atoms with Gasteiger partial charge in [0.2, 0.25) is 5.91 Å². The number of likely N-dealkylation sites (N-methyl/N-ethyl adjacent to an activating group) is 1. The predicted molar refractivity (Wildman–Crippen MR) is 95.7 cm³/mol. The van der Waals surface area contributed by atoms with E-state index in [-0.39, 0.29) is 5.91 Å². The number of anilines is 1. The molecular weight excluding hydrogens is 294 g/mol. The summed E-state index contributed by atoms with van der Waals surface area (Å²) in [5, 5.41) is 3.05. The number of rotatable bonds is 6. The maximum absolute atomic E-state index is 12.2. The van der Waals surface area contributed by atoms with Crippen LogP contribution in [0.15, 0.2) is 18.2 Å². The van der Waals surface area contributed by atoms with Crippen molar-refractivity contribution >= 4 is 23.4 Å². The fourth-order valence-corrected chi connectivity index (χ4v) is 4.01. The molecule has 1 atom stereocenters. The second-order valence-electron chi connectivity index (χ2n) is 6.24. The molecule has 0 unspecified atom stereocenters. The minimum absolute atomic E-state index is 0.102. The van der Waals surface area contributed by atoms with Gasteiger partial charge in [0.1, 0.15) is 0 Å². The monoisotopic (exact) mass is 321 g/mol. The Morgan fingerprint density at radius 3 is 2.77 bits per heavy atom. The first-order chi connectivity index (χ1) is 10.5. The summed E-state index contributed by atoms with van der Waals surface area (Å²) >= 11 is 1.98. The molecule has 122 valence electrons. The van der Waals surface area contributed by atoms with Crippen LogP contribution >= 0.6 is 11.8 Å². The molecule has 1 saturated heterocycles. The van der Waals surface area contributed by atoms with E-state index in [9.17, 15) is 4.79 Å². The van der Waals surface area contributed by atoms with Crippen molar-refractivity contribution in [1.29, 1.82) is 0 Å². The van der Waals surface area contributed by atoms with Crippen molar-refractivity contribution in [1.82, 2.24) is 10.2 Å². The van der Waals surface area contributed by atoms with E-state index < -0.39 is 0 Å². The smallest absolute Gasteiger partial charge is 0.234 e. The lowest BCUT2D eigenvalue weighted by atomic mass is 10.1. The van der Waals surface area contributed by atoms with Crippen molar-refractivity contribution < 1.29 is 4.79 Å². The van der Waals surface area contributed by atoms with Gasteiger partial charge in [-0.25, -0.2) is 0 Å². The van der Waals surface area contributed by atoms with Gasteiger partial charge in [0.15, 0.2) is 0 Å². The van der Waals surface area contributed by atoms with E-state index >= 15 is 0 Å². The fourth-order valence-electron chi connectivity index (χ4n) is 2.71. The summed E-state index contributed by atoms with van der Waals surface area (Å²) in [6.45, 7) is 3.15. The molecule has 0 aliphatic carbocycles. The third kappa shape index (κ3) is 4.65. The number of amides is 1. The van der Waals surface area contributed by atoms with Crippen molar-refractivity contribution in [2.45, 2.75) is 25.9 Å². The first kappa shape index (κ1) is 17.2. The molecule has 5 heteroatoms. The summed E-state index contributed by atoms with van der Waals surface area (Å²) in [5.41, 5.74) is 3.56. The summed E-state index contributed by atoms with van der Waals surface area (Å²) in [7, 11) is 6.12. The summed E-state index contributed by atoms with van der Waals surface area (Å²) in [5.74, 6) is 2.46. The average Bonchev–Trinajstić information content (AvgIpc) is 3.00. The zero-order valence-corrected chi connectivity index (χ0v) is 14.9. The molecule has 1 aliphatic heterocycles. The Balaban J connectivity index is 1.88. The Morgan fingerprint density at radius 1 is 1.36 bits per heavy atom. The van der Waals surface area contributed by atoms with E-state index in [1.54, 1.807) is 0 Å². The summed E-state index contributed by atoms with van der Waals surface area (Å²) in [6.07, 6.45) is 1.19. The number of hydrogen-bond donors (Lipinski definition) is 1. The van der Waals surface area contributed by atoms with Gasteiger partial charge in [0.25, 0.3) is 0 Å². The van der Waals surface area contributed by atoms with Gasteiger partial charge in [-0.05, 0) is 43.3 Å². The molecule has 1 fully saturated rings. The van der Waals surface area contributed by atoms with Crippen LogP contribution in [0.5, 0.6) is 0 Å². The summed E-state index contributed by atoms with van der Waals surface area (Å²) in [4.78, 5) is 16.4. The second-order valence-corrected chi connectivity index (χ2v) is 7.39. The Bertz CT molecular complexity index is 513. The zero-order chi connectivity index (χ0) is 16.1. The zero-order valence-electron chi connectivity index (χ0n) is 14.1. The number of carbonyl (C=O) groups excluding carboxylic acids is 1. The van der Waals surface area contributed by atoms with E-state index in [0.29, 0.717) is 19.1 Å². The highest BCUT2D eigenvalue weighted by Crippen LogP contribution is 2.21. The van der Waals surface area contributed by atoms with E-state index in [1.165, 1.54) is 23.4 Å². The number of carbonyl (C=O) groups is 1. The third-order valence-corrected chi connectivity index (χ3v) is 5.27. The van der Waals surface area contributed by atoms with Gasteiger partial charge >= 0.3 is 0 Å². The Kier molecular flexibility index (Phi) is 6.15. The maximum Gasteiger partial charge on any atom is 0.234 e. The molecule has 2 rings (SSSR count). The fraction of sp³-hybridized carbons (Fsp3) is 0.588. The van der Waals surface area contributed by atoms with Crippen molar-refractivity contribution in [3.8, 4) is 0 Å². The van der Waals surface area contributed by atoms with Crippen molar-refractivity contribution in [2.75, 3.05) is 44.1 Å². The molecule has 0 spiro atoms. The van der Waals surface area contributed by atoms with Gasteiger partial charge < -0.3 is 10.2 Å². The topological polar surface area (TPSA) is 35.6 Å². The van der Waals surface area contributed by atoms with Gasteiger partial charge in [0, 0.05) is 38.1 Å². The lowest BCUT2D eigenvalue weighted by Gasteiger charge is -2.23. The first-order valence-corrected chi connectivity index (χ1v) is 8.94. The predicted octanol–water partition coefficient (Wildman–Crippen LogP) is 2.11. The highest BCUT2D eigenvalue weighted by molar-refractivity contribution is 7.99. The largest absolute Gasteiger partial charge is 0.377 e. The molecule has 22 heavy (non-hydrogen) atoms. The van der Waals surface area contributed by atoms with Crippen LogP contribution < -0.4 is 10.2 Å². The second kappa shape index (κ2) is 7.88. The van der Waals surface area contributed by atoms with E-state index in [0.717, 1.165) is 11.3 Å². The maximum atomic E-state index is 12.2. The number of benzene rings is 1. The van der Waals surface area contributed by atoms with Crippen LogP contribution in [0.4, 0.5) is 5.69 Å². The van der Waals surface area contributed by atoms with Gasteiger partial charge in [-0.1, -0.05) is 12.1 Å². The summed E-state index contributed by atoms with van der Waals surface area (Å²) in [6, 6.07) is 6.90. The molecule has 1 aromatic carbocycles. The van der Waals surface area contributed by atoms with E-state index in [1.807, 2.05) is 32.9 Å². The molecule has 0 saturated carbocycles. The lowest BCUT2D eigenvalue weighted by molar-refractivity contribution is -0.122. The molecular formula is C17H27N3OS. The lowest BCUT2D eigenvalue weighted by Crippen LogP contribution is -2.40. The van der Waals surface area contributed by atoms with Crippen molar-refractivity contribution in [3.05, 3.63) is 29.3 Å². The van der Waals surface area contributed by atoms with E-state index in [4.69, 9.17) is 0 Å². The number of nitrogens with zero attached hydrogens (tertiary/aromatic N) is 2. The summed E-state index contributed by atoms with van der Waals surface area (Å²) < 4.78 is 0. The quantitative estimate of drug-likeness (QED) is 0.870. The van der Waals surface area contributed by atoms with Crippen LogP contribution in [0.3, 0.4) is 0 Å². The minimum Gasteiger partial charge on any atom is -0.377 e. The molecule has 0 bridgehead atoms. The first-order valence-electron chi connectivity index (χ1n) is 7.79. The normalized spacial score (nSPS) is 17.8. The minimum atomic E-state index is 0.102. The Morgan fingerprint density at radius 2 is 2.14 bits per heavy atom. The van der Waals surface area contributed by atoms with Crippen LogP contribution in [0, 0.1) is 6.92 Å². The molecule has 1 aliphatic rings. The SMILES string of the molecule is Cc1ccc(CNC(=O)CN(C)[C@H]2CCSC2)c(N(C)C)c1. The van der Waals surface area contributed by atoms with Crippen LogP contribution in [-0.4, -0.2) is 56.0 Å². The number of thioether (sulfide) groups is 1. The van der Waals surface area contributed by atoms with Crippen LogP contribution in [0.2, 0.25) is 0 Å². The number of aryl methyl sites for hydroxylation is 1. The molecule has 1 amide bonds. The van der Waals surface area contributed by atoms with E-state index in [2.05, 4.69) is 40.2 Å². The Labute approximate surface area is 138 Å². The van der Waals surface area contributed by atoms with Gasteiger partial charge in [-0.3, -0.25) is 9.69 Å². The van der Waals surface area contributed by atoms with Crippen molar-refractivity contribution in [3.63, 3.8) is 0 Å². The highest BCUT2D eigenvalue weighted by atomic mass is 32.2. The van der Waals surface area contributed by atoms with Gasteiger partial charge in [-0.15, -0.1) is 0 Å². The molecule has 1 N–H and O–H groups in total. The van der Waals surface area contributed by atoms with Crippen LogP contribution in [0.25, 0.3) is 0 Å². The van der Waals surface area contributed by atoms with Gasteiger partial charge in [-0.2, -0.15) is 11.8 Å². The van der Waals surface area contributed by atoms with Crippen LogP contribution in [-0.2, 0) is 11.3 Å². The standard InChI is InChI=1S/C17H27N3OS/c1-13-5-6-14(16(9-13)19(2)3)10-18-17(21)11-20(4)15-7-8-22-12-15/h5-6,9,15H,7-8,10-12H2,1-4H3,(H,18,21)/t15-/m0/s1. The average molecular weight is 321 g/mol. The third-order valence-electron chi connectivity index (χ3n) is 4.12. The Hall–Kier alpha value is -1.20.